The van der Waals surface area contributed by atoms with Crippen LogP contribution in [0.2, 0.25) is 0 Å². The molecule has 138 valence electrons. The predicted molar refractivity (Wildman–Crippen MR) is 98.8 cm³/mol. The number of hydrogen-bond acceptors (Lipinski definition) is 4. The van der Waals surface area contributed by atoms with Gasteiger partial charge in [0.05, 0.1) is 6.54 Å². The summed E-state index contributed by atoms with van der Waals surface area (Å²) in [7, 11) is 0. The molecular formula is C19H29N3O3. The Hall–Kier alpha value is -2.08. The Morgan fingerprint density at radius 2 is 1.76 bits per heavy atom. The first kappa shape index (κ1) is 19.2. The molecule has 0 spiro atoms. The summed E-state index contributed by atoms with van der Waals surface area (Å²) in [6, 6.07) is 6.01. The van der Waals surface area contributed by atoms with Crippen LogP contribution in [0, 0.1) is 13.8 Å². The molecule has 2 rings (SSSR count). The SMILES string of the molecule is Cc1ccc(C)c(NC(=O)CN2CCN(C(=O)OC(C)(C)C)CC2)c1. The first-order chi connectivity index (χ1) is 11.6. The fourth-order valence-electron chi connectivity index (χ4n) is 2.68. The fourth-order valence-corrected chi connectivity index (χ4v) is 2.68. The molecule has 1 N–H and O–H groups in total. The Balaban J connectivity index is 1.80. The smallest absolute Gasteiger partial charge is 0.410 e. The lowest BCUT2D eigenvalue weighted by Gasteiger charge is -2.35. The zero-order valence-corrected chi connectivity index (χ0v) is 15.9. The van der Waals surface area contributed by atoms with Crippen molar-refractivity contribution in [2.75, 3.05) is 38.0 Å². The maximum atomic E-state index is 12.3. The molecule has 0 unspecified atom stereocenters. The summed E-state index contributed by atoms with van der Waals surface area (Å²) in [6.07, 6.45) is -0.285. The van der Waals surface area contributed by atoms with Crippen molar-refractivity contribution in [1.82, 2.24) is 9.80 Å². The van der Waals surface area contributed by atoms with Gasteiger partial charge in [-0.1, -0.05) is 12.1 Å². The number of rotatable bonds is 3. The normalized spacial score (nSPS) is 15.8. The average Bonchev–Trinajstić information content (AvgIpc) is 2.50. The first-order valence-electron chi connectivity index (χ1n) is 8.71. The minimum absolute atomic E-state index is 0.0283. The molecule has 0 aromatic heterocycles. The highest BCUT2D eigenvalue weighted by Crippen LogP contribution is 2.16. The van der Waals surface area contributed by atoms with Crippen LogP contribution in [-0.2, 0) is 9.53 Å². The van der Waals surface area contributed by atoms with Crippen LogP contribution in [0.25, 0.3) is 0 Å². The summed E-state index contributed by atoms with van der Waals surface area (Å²) in [5.74, 6) is -0.0283. The van der Waals surface area contributed by atoms with Gasteiger partial charge in [-0.3, -0.25) is 9.69 Å². The van der Waals surface area contributed by atoms with Crippen molar-refractivity contribution in [1.29, 1.82) is 0 Å². The zero-order chi connectivity index (χ0) is 18.6. The standard InChI is InChI=1S/C19H29N3O3/c1-14-6-7-15(2)16(12-14)20-17(23)13-21-8-10-22(11-9-21)18(24)25-19(3,4)5/h6-7,12H,8-11,13H2,1-5H3,(H,20,23). The number of ether oxygens (including phenoxy) is 1. The van der Waals surface area contributed by atoms with Crippen molar-refractivity contribution >= 4 is 17.7 Å². The van der Waals surface area contributed by atoms with Crippen molar-refractivity contribution in [3.05, 3.63) is 29.3 Å². The monoisotopic (exact) mass is 347 g/mol. The van der Waals surface area contributed by atoms with Gasteiger partial charge in [-0.05, 0) is 51.8 Å². The van der Waals surface area contributed by atoms with E-state index >= 15 is 0 Å². The van der Waals surface area contributed by atoms with Gasteiger partial charge >= 0.3 is 6.09 Å². The van der Waals surface area contributed by atoms with Gasteiger partial charge in [0, 0.05) is 31.9 Å². The molecule has 1 saturated heterocycles. The van der Waals surface area contributed by atoms with Crippen LogP contribution < -0.4 is 5.32 Å². The van der Waals surface area contributed by atoms with E-state index in [1.807, 2.05) is 52.8 Å². The van der Waals surface area contributed by atoms with Crippen molar-refractivity contribution in [3.63, 3.8) is 0 Å². The van der Waals surface area contributed by atoms with Crippen LogP contribution in [0.5, 0.6) is 0 Å². The Kier molecular flexibility index (Phi) is 6.06. The molecule has 0 aliphatic carbocycles. The second-order valence-corrected chi connectivity index (χ2v) is 7.61. The third kappa shape index (κ3) is 6.05. The molecular weight excluding hydrogens is 318 g/mol. The number of amides is 2. The number of nitrogens with one attached hydrogen (secondary N) is 1. The predicted octanol–water partition coefficient (Wildman–Crippen LogP) is 2.79. The lowest BCUT2D eigenvalue weighted by molar-refractivity contribution is -0.117. The Bertz CT molecular complexity index is 629. The van der Waals surface area contributed by atoms with E-state index in [-0.39, 0.29) is 12.0 Å². The number of hydrogen-bond donors (Lipinski definition) is 1. The summed E-state index contributed by atoms with van der Waals surface area (Å²) in [5, 5.41) is 2.98. The Morgan fingerprint density at radius 3 is 2.36 bits per heavy atom. The second-order valence-electron chi connectivity index (χ2n) is 7.61. The fraction of sp³-hybridized carbons (Fsp3) is 0.579. The molecule has 6 nitrogen and oxygen atoms in total. The van der Waals surface area contributed by atoms with Crippen LogP contribution >= 0.6 is 0 Å². The van der Waals surface area contributed by atoms with Gasteiger partial charge in [0.15, 0.2) is 0 Å². The average molecular weight is 347 g/mol. The van der Waals surface area contributed by atoms with Crippen molar-refractivity contribution in [2.45, 2.75) is 40.2 Å². The topological polar surface area (TPSA) is 61.9 Å². The molecule has 0 saturated carbocycles. The third-order valence-corrected chi connectivity index (χ3v) is 4.06. The van der Waals surface area contributed by atoms with E-state index in [0.29, 0.717) is 32.7 Å². The summed E-state index contributed by atoms with van der Waals surface area (Å²) in [6.45, 7) is 12.4. The molecule has 1 aliphatic heterocycles. The minimum atomic E-state index is -0.486. The molecule has 2 amide bonds. The van der Waals surface area contributed by atoms with Crippen LogP contribution in [0.1, 0.15) is 31.9 Å². The van der Waals surface area contributed by atoms with Crippen LogP contribution in [0.3, 0.4) is 0 Å². The summed E-state index contributed by atoms with van der Waals surface area (Å²) in [5.41, 5.74) is 2.54. The van der Waals surface area contributed by atoms with E-state index < -0.39 is 5.60 Å². The van der Waals surface area contributed by atoms with E-state index in [1.54, 1.807) is 4.90 Å². The highest BCUT2D eigenvalue weighted by atomic mass is 16.6. The molecule has 1 fully saturated rings. The van der Waals surface area contributed by atoms with E-state index in [4.69, 9.17) is 4.74 Å². The van der Waals surface area contributed by atoms with Gasteiger partial charge in [0.2, 0.25) is 5.91 Å². The number of nitrogens with zero attached hydrogens (tertiary/aromatic N) is 2. The number of benzene rings is 1. The molecule has 0 bridgehead atoms. The van der Waals surface area contributed by atoms with Crippen LogP contribution in [0.4, 0.5) is 10.5 Å². The molecule has 0 atom stereocenters. The van der Waals surface area contributed by atoms with E-state index in [0.717, 1.165) is 16.8 Å². The van der Waals surface area contributed by atoms with E-state index in [9.17, 15) is 9.59 Å². The van der Waals surface area contributed by atoms with Crippen molar-refractivity contribution in [3.8, 4) is 0 Å². The van der Waals surface area contributed by atoms with Gasteiger partial charge in [0.1, 0.15) is 5.60 Å². The maximum absolute atomic E-state index is 12.3. The lowest BCUT2D eigenvalue weighted by Crippen LogP contribution is -2.51. The molecule has 1 aromatic rings. The van der Waals surface area contributed by atoms with Crippen molar-refractivity contribution in [2.24, 2.45) is 0 Å². The number of anilines is 1. The number of aryl methyl sites for hydroxylation is 2. The number of carbonyl (C=O) groups excluding carboxylic acids is 2. The molecule has 1 aromatic carbocycles. The Morgan fingerprint density at radius 1 is 1.12 bits per heavy atom. The van der Waals surface area contributed by atoms with E-state index in [1.165, 1.54) is 0 Å². The molecule has 1 aliphatic rings. The first-order valence-corrected chi connectivity index (χ1v) is 8.71. The molecule has 1 heterocycles. The zero-order valence-electron chi connectivity index (χ0n) is 15.9. The highest BCUT2D eigenvalue weighted by Gasteiger charge is 2.26. The van der Waals surface area contributed by atoms with Crippen molar-refractivity contribution < 1.29 is 14.3 Å². The number of piperazine rings is 1. The highest BCUT2D eigenvalue weighted by molar-refractivity contribution is 5.93. The third-order valence-electron chi connectivity index (χ3n) is 4.06. The Labute approximate surface area is 150 Å². The van der Waals surface area contributed by atoms with E-state index in [2.05, 4.69) is 10.2 Å². The van der Waals surface area contributed by atoms with Gasteiger partial charge in [0.25, 0.3) is 0 Å². The van der Waals surface area contributed by atoms with Gasteiger partial charge < -0.3 is 15.0 Å². The summed E-state index contributed by atoms with van der Waals surface area (Å²) >= 11 is 0. The molecule has 0 radical (unpaired) electrons. The maximum Gasteiger partial charge on any atom is 0.410 e. The largest absolute Gasteiger partial charge is 0.444 e. The van der Waals surface area contributed by atoms with Gasteiger partial charge in [-0.15, -0.1) is 0 Å². The number of carbonyl (C=O) groups is 2. The van der Waals surface area contributed by atoms with Gasteiger partial charge in [-0.25, -0.2) is 4.79 Å². The summed E-state index contributed by atoms with van der Waals surface area (Å²) in [4.78, 5) is 28.1. The van der Waals surface area contributed by atoms with Gasteiger partial charge in [-0.2, -0.15) is 0 Å². The van der Waals surface area contributed by atoms with Crippen LogP contribution in [0.15, 0.2) is 18.2 Å². The minimum Gasteiger partial charge on any atom is -0.444 e. The quantitative estimate of drug-likeness (QED) is 0.913. The van der Waals surface area contributed by atoms with Crippen LogP contribution in [-0.4, -0.2) is 60.1 Å². The second kappa shape index (κ2) is 7.87. The summed E-state index contributed by atoms with van der Waals surface area (Å²) < 4.78 is 5.39. The molecule has 25 heavy (non-hydrogen) atoms. The molecule has 6 heteroatoms. The lowest BCUT2D eigenvalue weighted by atomic mass is 10.1.